The second-order valence-corrected chi connectivity index (χ2v) is 5.62. The number of para-hydroxylation sites is 1. The summed E-state index contributed by atoms with van der Waals surface area (Å²) >= 11 is 0. The fourth-order valence-electron chi connectivity index (χ4n) is 2.53. The smallest absolute Gasteiger partial charge is 0.408 e. The van der Waals surface area contributed by atoms with Gasteiger partial charge in [-0.2, -0.15) is 0 Å². The lowest BCUT2D eigenvalue weighted by molar-refractivity contribution is 0.102. The number of H-pyrrole nitrogens is 2. The number of amides is 2. The summed E-state index contributed by atoms with van der Waals surface area (Å²) in [7, 11) is 0. The molecule has 0 saturated heterocycles. The van der Waals surface area contributed by atoms with Crippen LogP contribution in [0.3, 0.4) is 0 Å². The predicted octanol–water partition coefficient (Wildman–Crippen LogP) is 3.29. The number of nitrogens with zero attached hydrogens (tertiary/aromatic N) is 2. The van der Waals surface area contributed by atoms with Crippen LogP contribution in [-0.2, 0) is 0 Å². The summed E-state index contributed by atoms with van der Waals surface area (Å²) in [6, 6.07) is 10.5. The van der Waals surface area contributed by atoms with Gasteiger partial charge in [0.25, 0.3) is 5.91 Å². The maximum Gasteiger partial charge on any atom is 0.419 e. The van der Waals surface area contributed by atoms with Crippen molar-refractivity contribution in [3.63, 3.8) is 0 Å². The minimum atomic E-state index is -0.756. The molecule has 2 aromatic heterocycles. The molecule has 0 aliphatic rings. The Bertz CT molecular complexity index is 1160. The number of hydrogen-bond acceptors (Lipinski definition) is 5. The molecule has 0 fully saturated rings. The van der Waals surface area contributed by atoms with Crippen molar-refractivity contribution in [2.24, 2.45) is 0 Å². The fourth-order valence-corrected chi connectivity index (χ4v) is 2.53. The molecule has 2 aromatic carbocycles. The van der Waals surface area contributed by atoms with Crippen molar-refractivity contribution in [1.29, 1.82) is 0 Å². The first kappa shape index (κ1) is 17.2. The number of rotatable bonds is 4. The fraction of sp³-hybridized carbons (Fsp3) is 0. The van der Waals surface area contributed by atoms with Crippen LogP contribution in [0.2, 0.25) is 0 Å². The van der Waals surface area contributed by atoms with Gasteiger partial charge in [0.05, 0.1) is 11.1 Å². The zero-order valence-electron chi connectivity index (χ0n) is 14.2. The highest BCUT2D eigenvalue weighted by molar-refractivity contribution is 6.04. The van der Waals surface area contributed by atoms with Gasteiger partial charge < -0.3 is 14.7 Å². The third-order valence-electron chi connectivity index (χ3n) is 3.75. The van der Waals surface area contributed by atoms with E-state index in [1.807, 2.05) is 0 Å². The van der Waals surface area contributed by atoms with Gasteiger partial charge in [0.2, 0.25) is 11.9 Å². The molecule has 2 amide bonds. The van der Waals surface area contributed by atoms with E-state index in [0.29, 0.717) is 11.0 Å². The number of imidazole rings is 2. The summed E-state index contributed by atoms with van der Waals surface area (Å²) in [6.07, 6.45) is 2.28. The highest BCUT2D eigenvalue weighted by Gasteiger charge is 2.16. The molecule has 10 heteroatoms. The SMILES string of the molecule is O=C(Nc1ncc[nH]1)Oc1cccc2nc(NC(=O)c3ccccc3F)[nH]c12. The van der Waals surface area contributed by atoms with Crippen molar-refractivity contribution in [3.05, 3.63) is 66.2 Å². The molecular weight excluding hydrogens is 367 g/mol. The third kappa shape index (κ3) is 3.51. The molecule has 4 N–H and O–H groups in total. The van der Waals surface area contributed by atoms with Gasteiger partial charge >= 0.3 is 6.09 Å². The number of hydrogen-bond donors (Lipinski definition) is 4. The number of anilines is 2. The molecule has 0 spiro atoms. The van der Waals surface area contributed by atoms with Crippen molar-refractivity contribution in [2.75, 3.05) is 10.6 Å². The zero-order chi connectivity index (χ0) is 19.5. The van der Waals surface area contributed by atoms with Gasteiger partial charge in [-0.15, -0.1) is 0 Å². The van der Waals surface area contributed by atoms with E-state index in [1.54, 1.807) is 30.5 Å². The van der Waals surface area contributed by atoms with Crippen molar-refractivity contribution >= 4 is 34.9 Å². The number of halogens is 1. The predicted molar refractivity (Wildman–Crippen MR) is 98.7 cm³/mol. The molecule has 9 nitrogen and oxygen atoms in total. The number of aromatic amines is 2. The first-order chi connectivity index (χ1) is 13.6. The maximum atomic E-state index is 13.7. The quantitative estimate of drug-likeness (QED) is 0.432. The van der Waals surface area contributed by atoms with Gasteiger partial charge in [0.15, 0.2) is 5.75 Å². The van der Waals surface area contributed by atoms with E-state index in [0.717, 1.165) is 0 Å². The normalized spacial score (nSPS) is 10.6. The Kier molecular flexibility index (Phi) is 4.42. The van der Waals surface area contributed by atoms with E-state index >= 15 is 0 Å². The van der Waals surface area contributed by atoms with E-state index in [2.05, 4.69) is 30.6 Å². The van der Waals surface area contributed by atoms with Gasteiger partial charge in [-0.3, -0.25) is 15.4 Å². The molecule has 4 rings (SSSR count). The van der Waals surface area contributed by atoms with Crippen LogP contribution in [0.5, 0.6) is 5.75 Å². The summed E-state index contributed by atoms with van der Waals surface area (Å²) in [5.41, 5.74) is 0.727. The molecule has 0 aliphatic heterocycles. The third-order valence-corrected chi connectivity index (χ3v) is 3.75. The van der Waals surface area contributed by atoms with Crippen LogP contribution in [0, 0.1) is 5.82 Å². The van der Waals surface area contributed by atoms with Crippen molar-refractivity contribution < 1.29 is 18.7 Å². The number of nitrogens with one attached hydrogen (secondary N) is 4. The van der Waals surface area contributed by atoms with Crippen LogP contribution in [0.15, 0.2) is 54.9 Å². The number of fused-ring (bicyclic) bond motifs is 1. The van der Waals surface area contributed by atoms with E-state index in [-0.39, 0.29) is 23.2 Å². The Balaban J connectivity index is 1.54. The lowest BCUT2D eigenvalue weighted by Crippen LogP contribution is -2.17. The average Bonchev–Trinajstić information content (AvgIpc) is 3.31. The lowest BCUT2D eigenvalue weighted by Gasteiger charge is -2.05. The topological polar surface area (TPSA) is 125 Å². The Hall–Kier alpha value is -4.21. The number of aromatic nitrogens is 4. The van der Waals surface area contributed by atoms with Gasteiger partial charge in [0, 0.05) is 12.4 Å². The van der Waals surface area contributed by atoms with Gasteiger partial charge in [-0.1, -0.05) is 18.2 Å². The molecule has 0 radical (unpaired) electrons. The van der Waals surface area contributed by atoms with Crippen LogP contribution in [-0.4, -0.2) is 31.9 Å². The molecule has 0 bridgehead atoms. The maximum absolute atomic E-state index is 13.7. The standard InChI is InChI=1S/C18H13FN6O3/c19-11-5-2-1-4-10(11)15(26)24-17-22-12-6-3-7-13(14(12)23-17)28-18(27)25-16-20-8-9-21-16/h1-9H,(H2,20,21,25,27)(H2,22,23,24,26). The van der Waals surface area contributed by atoms with Crippen molar-refractivity contribution in [1.82, 2.24) is 19.9 Å². The number of ether oxygens (including phenoxy) is 1. The monoisotopic (exact) mass is 380 g/mol. The van der Waals surface area contributed by atoms with Gasteiger partial charge in [-0.25, -0.2) is 19.2 Å². The summed E-state index contributed by atoms with van der Waals surface area (Å²) in [5.74, 6) is -0.782. The summed E-state index contributed by atoms with van der Waals surface area (Å²) < 4.78 is 19.0. The Morgan fingerprint density at radius 2 is 1.89 bits per heavy atom. The van der Waals surface area contributed by atoms with Crippen LogP contribution >= 0.6 is 0 Å². The first-order valence-corrected chi connectivity index (χ1v) is 8.13. The van der Waals surface area contributed by atoms with Crippen LogP contribution in [0.1, 0.15) is 10.4 Å². The second kappa shape index (κ2) is 7.19. The second-order valence-electron chi connectivity index (χ2n) is 5.62. The van der Waals surface area contributed by atoms with Gasteiger partial charge in [-0.05, 0) is 24.3 Å². The van der Waals surface area contributed by atoms with Crippen molar-refractivity contribution in [3.8, 4) is 5.75 Å². The molecular formula is C18H13FN6O3. The molecule has 0 saturated carbocycles. The molecule has 0 aliphatic carbocycles. The average molecular weight is 380 g/mol. The lowest BCUT2D eigenvalue weighted by atomic mass is 10.2. The zero-order valence-corrected chi connectivity index (χ0v) is 14.2. The van der Waals surface area contributed by atoms with Crippen LogP contribution < -0.4 is 15.4 Å². The number of carbonyl (C=O) groups excluding carboxylic acids is 2. The largest absolute Gasteiger partial charge is 0.419 e. The van der Waals surface area contributed by atoms with Crippen LogP contribution in [0.25, 0.3) is 11.0 Å². The summed E-state index contributed by atoms with van der Waals surface area (Å²) in [6.45, 7) is 0. The van der Waals surface area contributed by atoms with E-state index in [1.165, 1.54) is 24.4 Å². The number of carbonyl (C=O) groups is 2. The molecule has 4 aromatic rings. The highest BCUT2D eigenvalue weighted by atomic mass is 19.1. The highest BCUT2D eigenvalue weighted by Crippen LogP contribution is 2.25. The Labute approximate surface area is 157 Å². The Morgan fingerprint density at radius 1 is 1.04 bits per heavy atom. The van der Waals surface area contributed by atoms with E-state index in [4.69, 9.17) is 4.74 Å². The molecule has 0 atom stereocenters. The summed E-state index contributed by atoms with van der Waals surface area (Å²) in [4.78, 5) is 37.9. The first-order valence-electron chi connectivity index (χ1n) is 8.13. The van der Waals surface area contributed by atoms with Gasteiger partial charge in [0.1, 0.15) is 11.3 Å². The molecule has 0 unspecified atom stereocenters. The number of benzene rings is 2. The Morgan fingerprint density at radius 3 is 2.68 bits per heavy atom. The molecule has 140 valence electrons. The summed E-state index contributed by atoms with van der Waals surface area (Å²) in [5, 5.41) is 4.92. The molecule has 28 heavy (non-hydrogen) atoms. The van der Waals surface area contributed by atoms with E-state index in [9.17, 15) is 14.0 Å². The van der Waals surface area contributed by atoms with Crippen LogP contribution in [0.4, 0.5) is 21.1 Å². The van der Waals surface area contributed by atoms with E-state index < -0.39 is 17.8 Å². The van der Waals surface area contributed by atoms with Crippen molar-refractivity contribution in [2.45, 2.75) is 0 Å². The minimum Gasteiger partial charge on any atom is -0.408 e. The molecule has 2 heterocycles. The minimum absolute atomic E-state index is 0.0887.